The van der Waals surface area contributed by atoms with Gasteiger partial charge in [-0.05, 0) is 43.0 Å². The molecule has 0 aliphatic heterocycles. The zero-order valence-electron chi connectivity index (χ0n) is 14.1. The molecule has 0 saturated heterocycles. The number of rotatable bonds is 9. The number of carbonyl (C=O) groups is 1. The molecule has 2 rings (SSSR count). The van der Waals surface area contributed by atoms with Crippen molar-refractivity contribution >= 4 is 15.8 Å². The van der Waals surface area contributed by atoms with Crippen LogP contribution < -0.4 is 4.74 Å². The van der Waals surface area contributed by atoms with Gasteiger partial charge in [0.05, 0.1) is 23.7 Å². The number of methoxy groups -OCH3 is 1. The molecule has 6 heteroatoms. The van der Waals surface area contributed by atoms with Gasteiger partial charge in [0.25, 0.3) is 0 Å². The number of aryl methyl sites for hydroxylation is 1. The molecule has 25 heavy (non-hydrogen) atoms. The molecular weight excluding hydrogens is 340 g/mol. The van der Waals surface area contributed by atoms with Crippen molar-refractivity contribution in [3.8, 4) is 5.75 Å². The van der Waals surface area contributed by atoms with Gasteiger partial charge in [0.2, 0.25) is 0 Å². The van der Waals surface area contributed by atoms with Crippen LogP contribution in [0.4, 0.5) is 0 Å². The number of hydrogen-bond acceptors (Lipinski definition) is 4. The van der Waals surface area contributed by atoms with E-state index < -0.39 is 27.5 Å². The number of sulfone groups is 1. The summed E-state index contributed by atoms with van der Waals surface area (Å²) in [6.07, 6.45) is 1.66. The van der Waals surface area contributed by atoms with Gasteiger partial charge in [-0.25, -0.2) is 8.42 Å². The largest absolute Gasteiger partial charge is 0.497 e. The molecule has 2 aromatic rings. The van der Waals surface area contributed by atoms with Crippen LogP contribution in [0.5, 0.6) is 5.75 Å². The van der Waals surface area contributed by atoms with Crippen LogP contribution in [-0.2, 0) is 21.1 Å². The van der Waals surface area contributed by atoms with E-state index in [9.17, 15) is 18.3 Å². The molecule has 0 heterocycles. The van der Waals surface area contributed by atoms with Gasteiger partial charge >= 0.3 is 5.97 Å². The average molecular weight is 362 g/mol. The second kappa shape index (κ2) is 8.67. The smallest absolute Gasteiger partial charge is 0.307 e. The zero-order chi connectivity index (χ0) is 18.3. The third-order valence-corrected chi connectivity index (χ3v) is 5.84. The first-order chi connectivity index (χ1) is 11.9. The first-order valence-corrected chi connectivity index (χ1v) is 9.71. The van der Waals surface area contributed by atoms with Crippen LogP contribution in [0.25, 0.3) is 0 Å². The van der Waals surface area contributed by atoms with Crippen LogP contribution in [0, 0.1) is 5.92 Å². The fourth-order valence-electron chi connectivity index (χ4n) is 2.63. The van der Waals surface area contributed by atoms with Crippen molar-refractivity contribution in [2.24, 2.45) is 5.92 Å². The van der Waals surface area contributed by atoms with Gasteiger partial charge in [0.15, 0.2) is 9.84 Å². The molecule has 1 N–H and O–H groups in total. The van der Waals surface area contributed by atoms with Crippen LogP contribution >= 0.6 is 0 Å². The quantitative estimate of drug-likeness (QED) is 0.741. The van der Waals surface area contributed by atoms with Crippen molar-refractivity contribution in [3.05, 3.63) is 60.2 Å². The number of carboxylic acid groups (broad SMARTS) is 1. The number of carboxylic acids is 1. The van der Waals surface area contributed by atoms with Gasteiger partial charge in [-0.3, -0.25) is 4.79 Å². The number of hydrogen-bond donors (Lipinski definition) is 1. The molecule has 1 unspecified atom stereocenters. The van der Waals surface area contributed by atoms with Crippen molar-refractivity contribution in [2.45, 2.75) is 24.2 Å². The van der Waals surface area contributed by atoms with Gasteiger partial charge in [0, 0.05) is 0 Å². The third kappa shape index (κ3) is 5.60. The Morgan fingerprint density at radius 1 is 1.12 bits per heavy atom. The molecule has 1 atom stereocenters. The Kier molecular flexibility index (Phi) is 6.58. The highest BCUT2D eigenvalue weighted by Gasteiger charge is 2.26. The third-order valence-electron chi connectivity index (χ3n) is 4.03. The fourth-order valence-corrected chi connectivity index (χ4v) is 4.24. The van der Waals surface area contributed by atoms with E-state index in [0.29, 0.717) is 18.6 Å². The summed E-state index contributed by atoms with van der Waals surface area (Å²) >= 11 is 0. The average Bonchev–Trinajstić information content (AvgIpc) is 2.61. The second-order valence-electron chi connectivity index (χ2n) is 5.87. The lowest BCUT2D eigenvalue weighted by Gasteiger charge is -2.13. The second-order valence-corrected chi connectivity index (χ2v) is 7.91. The highest BCUT2D eigenvalue weighted by molar-refractivity contribution is 7.91. The maximum absolute atomic E-state index is 12.5. The summed E-state index contributed by atoms with van der Waals surface area (Å²) in [5.41, 5.74) is 1.11. The Bertz CT molecular complexity index is 800. The molecule has 0 aromatic heterocycles. The Morgan fingerprint density at radius 3 is 2.48 bits per heavy atom. The first-order valence-electron chi connectivity index (χ1n) is 8.06. The molecule has 0 saturated carbocycles. The van der Waals surface area contributed by atoms with Gasteiger partial charge in [-0.1, -0.05) is 36.4 Å². The standard InChI is InChI=1S/C19H22O5S/c1-24-17-11-6-12-18(13-17)25(22,23)14-16(19(20)21)10-5-9-15-7-3-2-4-8-15/h2-4,6-8,11-13,16H,5,9-10,14H2,1H3,(H,20,21). The maximum Gasteiger partial charge on any atom is 0.307 e. The van der Waals surface area contributed by atoms with E-state index in [1.165, 1.54) is 19.2 Å². The molecule has 0 fully saturated rings. The van der Waals surface area contributed by atoms with E-state index in [4.69, 9.17) is 4.74 Å². The van der Waals surface area contributed by atoms with Crippen molar-refractivity contribution in [2.75, 3.05) is 12.9 Å². The van der Waals surface area contributed by atoms with E-state index in [0.717, 1.165) is 12.0 Å². The van der Waals surface area contributed by atoms with Gasteiger partial charge in [-0.2, -0.15) is 0 Å². The normalized spacial score (nSPS) is 12.5. The summed E-state index contributed by atoms with van der Waals surface area (Å²) in [4.78, 5) is 11.6. The van der Waals surface area contributed by atoms with Crippen molar-refractivity contribution in [1.29, 1.82) is 0 Å². The Labute approximate surface area is 148 Å². The summed E-state index contributed by atoms with van der Waals surface area (Å²) in [7, 11) is -2.24. The van der Waals surface area contributed by atoms with E-state index in [-0.39, 0.29) is 4.90 Å². The molecule has 0 bridgehead atoms. The number of benzene rings is 2. The minimum Gasteiger partial charge on any atom is -0.497 e. The van der Waals surface area contributed by atoms with Crippen molar-refractivity contribution in [3.63, 3.8) is 0 Å². The fraction of sp³-hybridized carbons (Fsp3) is 0.316. The topological polar surface area (TPSA) is 80.7 Å². The summed E-state index contributed by atoms with van der Waals surface area (Å²) < 4.78 is 30.1. The van der Waals surface area contributed by atoms with Gasteiger partial charge in [-0.15, -0.1) is 0 Å². The summed E-state index contributed by atoms with van der Waals surface area (Å²) in [5.74, 6) is -2.00. The highest BCUT2D eigenvalue weighted by Crippen LogP contribution is 2.22. The van der Waals surface area contributed by atoms with Gasteiger partial charge < -0.3 is 9.84 Å². The van der Waals surface area contributed by atoms with Crippen LogP contribution in [0.3, 0.4) is 0 Å². The van der Waals surface area contributed by atoms with Crippen LogP contribution in [0.1, 0.15) is 18.4 Å². The molecular formula is C19H22O5S. The molecule has 0 aliphatic rings. The van der Waals surface area contributed by atoms with Crippen LogP contribution in [0.2, 0.25) is 0 Å². The lowest BCUT2D eigenvalue weighted by molar-refractivity contribution is -0.141. The summed E-state index contributed by atoms with van der Waals surface area (Å²) in [6.45, 7) is 0. The molecule has 0 aliphatic carbocycles. The van der Waals surface area contributed by atoms with Gasteiger partial charge in [0.1, 0.15) is 5.75 Å². The minimum absolute atomic E-state index is 0.0844. The molecule has 134 valence electrons. The maximum atomic E-state index is 12.5. The van der Waals surface area contributed by atoms with Crippen molar-refractivity contribution in [1.82, 2.24) is 0 Å². The lowest BCUT2D eigenvalue weighted by atomic mass is 10.0. The van der Waals surface area contributed by atoms with E-state index >= 15 is 0 Å². The Morgan fingerprint density at radius 2 is 1.84 bits per heavy atom. The number of aliphatic carboxylic acids is 1. The highest BCUT2D eigenvalue weighted by atomic mass is 32.2. The van der Waals surface area contributed by atoms with E-state index in [2.05, 4.69) is 0 Å². The Hall–Kier alpha value is -2.34. The molecule has 0 amide bonds. The van der Waals surface area contributed by atoms with E-state index in [1.54, 1.807) is 12.1 Å². The molecule has 2 aromatic carbocycles. The minimum atomic E-state index is -3.69. The monoisotopic (exact) mass is 362 g/mol. The summed E-state index contributed by atoms with van der Waals surface area (Å²) in [5, 5.41) is 9.39. The predicted molar refractivity (Wildman–Crippen MR) is 95.6 cm³/mol. The zero-order valence-corrected chi connectivity index (χ0v) is 14.9. The SMILES string of the molecule is COc1cccc(S(=O)(=O)CC(CCCc2ccccc2)C(=O)O)c1. The lowest BCUT2D eigenvalue weighted by Crippen LogP contribution is -2.24. The molecule has 5 nitrogen and oxygen atoms in total. The van der Waals surface area contributed by atoms with Crippen LogP contribution in [-0.4, -0.2) is 32.4 Å². The summed E-state index contributed by atoms with van der Waals surface area (Å²) in [6, 6.07) is 15.8. The Balaban J connectivity index is 2.03. The van der Waals surface area contributed by atoms with Crippen LogP contribution in [0.15, 0.2) is 59.5 Å². The first kappa shape index (κ1) is 19.0. The van der Waals surface area contributed by atoms with Crippen molar-refractivity contribution < 1.29 is 23.1 Å². The number of ether oxygens (including phenoxy) is 1. The molecule has 0 spiro atoms. The molecule has 0 radical (unpaired) electrons. The van der Waals surface area contributed by atoms with E-state index in [1.807, 2.05) is 30.3 Å². The predicted octanol–water partition coefficient (Wildman–Crippen LogP) is 3.19.